The fraction of sp³-hybridized carbons (Fsp3) is 0.647. The van der Waals surface area contributed by atoms with Gasteiger partial charge in [-0.2, -0.15) is 0 Å². The minimum absolute atomic E-state index is 0.0283. The molecule has 5 nitrogen and oxygen atoms in total. The zero-order valence-electron chi connectivity index (χ0n) is 14.1. The molecule has 6 heteroatoms. The molecule has 0 radical (unpaired) electrons. The van der Waals surface area contributed by atoms with Crippen LogP contribution in [0.15, 0.2) is 6.33 Å². The highest BCUT2D eigenvalue weighted by molar-refractivity contribution is 7.11. The van der Waals surface area contributed by atoms with Crippen molar-refractivity contribution in [3.8, 4) is 0 Å². The molecule has 0 aliphatic carbocycles. The summed E-state index contributed by atoms with van der Waals surface area (Å²) in [6, 6.07) is 0. The molecule has 1 fully saturated rings. The van der Waals surface area contributed by atoms with Crippen molar-refractivity contribution in [2.24, 2.45) is 7.05 Å². The molecule has 2 aliphatic rings. The van der Waals surface area contributed by atoms with Crippen LogP contribution < -0.4 is 0 Å². The van der Waals surface area contributed by atoms with Gasteiger partial charge >= 0.3 is 0 Å². The number of hydrogen-bond donors (Lipinski definition) is 0. The van der Waals surface area contributed by atoms with Gasteiger partial charge in [0.15, 0.2) is 0 Å². The Hall–Kier alpha value is -1.24. The van der Waals surface area contributed by atoms with Gasteiger partial charge in [0, 0.05) is 43.8 Å². The summed E-state index contributed by atoms with van der Waals surface area (Å²) in [5.41, 5.74) is 3.87. The van der Waals surface area contributed by atoms with E-state index >= 15 is 0 Å². The minimum Gasteiger partial charge on any atom is -0.381 e. The van der Waals surface area contributed by atoms with Crippen LogP contribution in [0.5, 0.6) is 0 Å². The van der Waals surface area contributed by atoms with Crippen molar-refractivity contribution >= 4 is 11.3 Å². The Bertz CT molecular complexity index is 695. The van der Waals surface area contributed by atoms with Crippen LogP contribution in [0.3, 0.4) is 0 Å². The number of thiazole rings is 1. The summed E-state index contributed by atoms with van der Waals surface area (Å²) < 4.78 is 7.86. The third kappa shape index (κ3) is 2.44. The lowest BCUT2D eigenvalue weighted by atomic mass is 9.80. The topological polar surface area (TPSA) is 43.2 Å². The molecule has 2 aliphatic heterocycles. The highest BCUT2D eigenvalue weighted by atomic mass is 32.1. The summed E-state index contributed by atoms with van der Waals surface area (Å²) in [6.45, 7) is 7.91. The van der Waals surface area contributed by atoms with E-state index in [0.29, 0.717) is 0 Å². The fourth-order valence-corrected chi connectivity index (χ4v) is 4.96. The van der Waals surface area contributed by atoms with Crippen LogP contribution in [-0.2, 0) is 30.3 Å². The molecule has 1 saturated heterocycles. The lowest BCUT2D eigenvalue weighted by Crippen LogP contribution is -2.53. The Balaban J connectivity index is 1.71. The maximum Gasteiger partial charge on any atom is 0.107 e. The largest absolute Gasteiger partial charge is 0.381 e. The van der Waals surface area contributed by atoms with Gasteiger partial charge in [0.05, 0.1) is 29.8 Å². The smallest absolute Gasteiger partial charge is 0.107 e. The van der Waals surface area contributed by atoms with Crippen LogP contribution in [-0.4, -0.2) is 39.2 Å². The second-order valence-corrected chi connectivity index (χ2v) is 8.00. The van der Waals surface area contributed by atoms with Gasteiger partial charge in [-0.25, -0.2) is 9.97 Å². The zero-order chi connectivity index (χ0) is 16.0. The van der Waals surface area contributed by atoms with E-state index in [1.165, 1.54) is 27.0 Å². The quantitative estimate of drug-likeness (QED) is 0.848. The van der Waals surface area contributed by atoms with Crippen molar-refractivity contribution in [2.75, 3.05) is 19.8 Å². The summed E-state index contributed by atoms with van der Waals surface area (Å²) in [7, 11) is 2.11. The van der Waals surface area contributed by atoms with E-state index in [1.54, 1.807) is 0 Å². The van der Waals surface area contributed by atoms with Crippen LogP contribution in [0.25, 0.3) is 0 Å². The van der Waals surface area contributed by atoms with E-state index in [9.17, 15) is 0 Å². The molecule has 124 valence electrons. The number of imidazole rings is 1. The van der Waals surface area contributed by atoms with Crippen molar-refractivity contribution in [1.29, 1.82) is 0 Å². The van der Waals surface area contributed by atoms with Gasteiger partial charge in [-0.05, 0) is 26.7 Å². The normalized spacial score (nSPS) is 20.8. The van der Waals surface area contributed by atoms with Crippen molar-refractivity contribution in [3.63, 3.8) is 0 Å². The third-order valence-corrected chi connectivity index (χ3v) is 6.50. The lowest BCUT2D eigenvalue weighted by molar-refractivity contribution is -0.0453. The number of ether oxygens (including phenoxy) is 1. The van der Waals surface area contributed by atoms with Crippen molar-refractivity contribution in [1.82, 2.24) is 19.4 Å². The number of fused-ring (bicyclic) bond motifs is 2. The summed E-state index contributed by atoms with van der Waals surface area (Å²) in [5, 5.41) is 1.23. The standard InChI is InChI=1S/C17H24N4OS/c1-12-13(2)23-15(19-12)10-21-7-4-14-16(18-11-20(14)3)17(21)5-8-22-9-6-17/h11H,4-10H2,1-3H3. The van der Waals surface area contributed by atoms with Crippen LogP contribution in [0.4, 0.5) is 0 Å². The van der Waals surface area contributed by atoms with Gasteiger partial charge in [-0.1, -0.05) is 0 Å². The van der Waals surface area contributed by atoms with Gasteiger partial charge in [-0.3, -0.25) is 4.90 Å². The van der Waals surface area contributed by atoms with Crippen LogP contribution in [0.2, 0.25) is 0 Å². The van der Waals surface area contributed by atoms with E-state index in [1.807, 2.05) is 17.7 Å². The van der Waals surface area contributed by atoms with E-state index < -0.39 is 0 Å². The van der Waals surface area contributed by atoms with Gasteiger partial charge in [-0.15, -0.1) is 11.3 Å². The van der Waals surface area contributed by atoms with Crippen molar-refractivity contribution in [3.05, 3.63) is 33.3 Å². The van der Waals surface area contributed by atoms with Crippen LogP contribution >= 0.6 is 11.3 Å². The Morgan fingerprint density at radius 2 is 2.09 bits per heavy atom. The average molecular weight is 332 g/mol. The first-order valence-corrected chi connectivity index (χ1v) is 9.18. The molecule has 0 aromatic carbocycles. The predicted octanol–water partition coefficient (Wildman–Crippen LogP) is 2.56. The van der Waals surface area contributed by atoms with Gasteiger partial charge in [0.1, 0.15) is 5.01 Å². The van der Waals surface area contributed by atoms with Gasteiger partial charge in [0.25, 0.3) is 0 Å². The molecule has 2 aromatic heterocycles. The molecule has 0 amide bonds. The number of aryl methyl sites for hydroxylation is 3. The molecule has 0 saturated carbocycles. The van der Waals surface area contributed by atoms with E-state index in [4.69, 9.17) is 14.7 Å². The monoisotopic (exact) mass is 332 g/mol. The summed E-state index contributed by atoms with van der Waals surface area (Å²) in [5.74, 6) is 0. The molecule has 2 aromatic rings. The molecule has 0 bridgehead atoms. The predicted molar refractivity (Wildman–Crippen MR) is 90.6 cm³/mol. The molecular weight excluding hydrogens is 308 g/mol. The van der Waals surface area contributed by atoms with Gasteiger partial charge < -0.3 is 9.30 Å². The summed E-state index contributed by atoms with van der Waals surface area (Å²) in [4.78, 5) is 13.5. The summed E-state index contributed by atoms with van der Waals surface area (Å²) in [6.07, 6.45) is 5.10. The third-order valence-electron chi connectivity index (χ3n) is 5.44. The highest BCUT2D eigenvalue weighted by Gasteiger charge is 2.46. The Labute approximate surface area is 141 Å². The molecule has 4 rings (SSSR count). The number of nitrogens with zero attached hydrogens (tertiary/aromatic N) is 4. The molecule has 1 spiro atoms. The maximum atomic E-state index is 5.67. The number of hydrogen-bond acceptors (Lipinski definition) is 5. The molecular formula is C17H24N4OS. The van der Waals surface area contributed by atoms with Crippen LogP contribution in [0, 0.1) is 13.8 Å². The first kappa shape index (κ1) is 15.3. The van der Waals surface area contributed by atoms with E-state index in [2.05, 4.69) is 30.4 Å². The molecule has 0 N–H and O–H groups in total. The average Bonchev–Trinajstić information content (AvgIpc) is 3.07. The van der Waals surface area contributed by atoms with Crippen LogP contribution in [0.1, 0.15) is 39.8 Å². The molecule has 0 unspecified atom stereocenters. The SMILES string of the molecule is Cc1nc(CN2CCc3c(ncn3C)C23CCOCC3)sc1C. The second-order valence-electron chi connectivity index (χ2n) is 6.72. The molecule has 0 atom stereocenters. The Kier molecular flexibility index (Phi) is 3.78. The Morgan fingerprint density at radius 3 is 2.78 bits per heavy atom. The lowest BCUT2D eigenvalue weighted by Gasteiger charge is -2.48. The first-order chi connectivity index (χ1) is 11.1. The fourth-order valence-electron chi connectivity index (χ4n) is 4.01. The first-order valence-electron chi connectivity index (χ1n) is 8.36. The number of aromatic nitrogens is 3. The highest BCUT2D eigenvalue weighted by Crippen LogP contribution is 2.43. The van der Waals surface area contributed by atoms with E-state index in [0.717, 1.165) is 45.6 Å². The zero-order valence-corrected chi connectivity index (χ0v) is 14.9. The van der Waals surface area contributed by atoms with Crippen molar-refractivity contribution < 1.29 is 4.74 Å². The maximum absolute atomic E-state index is 5.67. The second kappa shape index (κ2) is 5.69. The van der Waals surface area contributed by atoms with Crippen molar-refractivity contribution in [2.45, 2.75) is 45.2 Å². The van der Waals surface area contributed by atoms with E-state index in [-0.39, 0.29) is 5.54 Å². The minimum atomic E-state index is 0.0283. The summed E-state index contributed by atoms with van der Waals surface area (Å²) >= 11 is 1.83. The molecule has 4 heterocycles. The molecule has 23 heavy (non-hydrogen) atoms. The Morgan fingerprint density at radius 1 is 1.30 bits per heavy atom. The van der Waals surface area contributed by atoms with Gasteiger partial charge in [0.2, 0.25) is 0 Å². The number of rotatable bonds is 2.